The number of nitrogens with zero attached hydrogens (tertiary/aromatic N) is 2. The fraction of sp³-hybridized carbons (Fsp3) is 0.176. The predicted molar refractivity (Wildman–Crippen MR) is 86.0 cm³/mol. The van der Waals surface area contributed by atoms with E-state index in [1.54, 1.807) is 0 Å². The molecule has 0 aliphatic rings. The predicted octanol–water partition coefficient (Wildman–Crippen LogP) is 2.18. The lowest BCUT2D eigenvalue weighted by Gasteiger charge is -2.16. The number of carbonyl (C=O) groups is 1. The number of benzene rings is 2. The number of hydrogen-bond acceptors (Lipinski definition) is 3. The zero-order chi connectivity index (χ0) is 15.5. The molecule has 1 heterocycles. The highest BCUT2D eigenvalue weighted by Crippen LogP contribution is 2.23. The van der Waals surface area contributed by atoms with Crippen molar-refractivity contribution in [1.29, 1.82) is 0 Å². The van der Waals surface area contributed by atoms with E-state index < -0.39 is 6.04 Å². The molecule has 2 aromatic carbocycles. The Kier molecular flexibility index (Phi) is 3.89. The van der Waals surface area contributed by atoms with E-state index in [1.807, 2.05) is 54.0 Å². The third-order valence-corrected chi connectivity index (χ3v) is 3.78. The van der Waals surface area contributed by atoms with Crippen molar-refractivity contribution in [3.8, 4) is 0 Å². The molecule has 0 radical (unpaired) electrons. The molecule has 1 aromatic heterocycles. The number of nitrogens with two attached hydrogens (primary N) is 1. The molecular weight excluding hydrogens is 276 g/mol. The van der Waals surface area contributed by atoms with Crippen LogP contribution < -0.4 is 11.3 Å². The maximum Gasteiger partial charge on any atom is 0.256 e. The Labute approximate surface area is 128 Å². The molecule has 0 saturated heterocycles. The summed E-state index contributed by atoms with van der Waals surface area (Å²) in [7, 11) is 0. The number of para-hydroxylation sites is 2. The van der Waals surface area contributed by atoms with E-state index in [2.05, 4.69) is 22.5 Å². The zero-order valence-corrected chi connectivity index (χ0v) is 12.4. The average Bonchev–Trinajstić information content (AvgIpc) is 2.92. The van der Waals surface area contributed by atoms with E-state index in [0.717, 1.165) is 22.4 Å². The van der Waals surface area contributed by atoms with Gasteiger partial charge in [0, 0.05) is 6.42 Å². The van der Waals surface area contributed by atoms with Gasteiger partial charge in [-0.3, -0.25) is 10.2 Å². The van der Waals surface area contributed by atoms with Crippen LogP contribution in [0, 0.1) is 0 Å². The van der Waals surface area contributed by atoms with Gasteiger partial charge in [-0.1, -0.05) is 42.5 Å². The minimum Gasteiger partial charge on any atom is -0.315 e. The van der Waals surface area contributed by atoms with E-state index >= 15 is 0 Å². The Balaban J connectivity index is 2.10. The number of amides is 1. The third kappa shape index (κ3) is 2.58. The Morgan fingerprint density at radius 1 is 1.18 bits per heavy atom. The average molecular weight is 294 g/mol. The maximum absolute atomic E-state index is 12.0. The Morgan fingerprint density at radius 3 is 2.59 bits per heavy atom. The number of rotatable bonds is 4. The van der Waals surface area contributed by atoms with E-state index in [-0.39, 0.29) is 5.91 Å². The van der Waals surface area contributed by atoms with Crippen molar-refractivity contribution in [3.05, 3.63) is 66.0 Å². The van der Waals surface area contributed by atoms with Crippen molar-refractivity contribution in [2.24, 2.45) is 5.84 Å². The molecule has 0 saturated carbocycles. The number of imidazole rings is 1. The molecule has 5 heteroatoms. The summed E-state index contributed by atoms with van der Waals surface area (Å²) < 4.78 is 1.95. The minimum atomic E-state index is -0.420. The smallest absolute Gasteiger partial charge is 0.256 e. The minimum absolute atomic E-state index is 0.238. The number of hydrogen-bond donors (Lipinski definition) is 2. The normalized spacial score (nSPS) is 12.3. The number of carbonyl (C=O) groups excluding carboxylic acids is 1. The summed E-state index contributed by atoms with van der Waals surface area (Å²) in [5, 5.41) is 0. The molecule has 1 amide bonds. The first kappa shape index (κ1) is 14.3. The molecule has 5 nitrogen and oxygen atoms in total. The first-order valence-corrected chi connectivity index (χ1v) is 7.21. The Morgan fingerprint density at radius 2 is 1.86 bits per heavy atom. The highest BCUT2D eigenvalue weighted by Gasteiger charge is 2.20. The van der Waals surface area contributed by atoms with Gasteiger partial charge in [-0.15, -0.1) is 0 Å². The van der Waals surface area contributed by atoms with Crippen LogP contribution in [0.15, 0.2) is 54.6 Å². The third-order valence-electron chi connectivity index (χ3n) is 3.78. The van der Waals surface area contributed by atoms with Crippen LogP contribution in [-0.4, -0.2) is 15.5 Å². The number of aromatic nitrogens is 2. The van der Waals surface area contributed by atoms with E-state index in [4.69, 9.17) is 5.84 Å². The van der Waals surface area contributed by atoms with Gasteiger partial charge < -0.3 is 4.57 Å². The van der Waals surface area contributed by atoms with Crippen LogP contribution in [0.5, 0.6) is 0 Å². The summed E-state index contributed by atoms with van der Waals surface area (Å²) in [6.07, 6.45) is 0.664. The topological polar surface area (TPSA) is 72.9 Å². The van der Waals surface area contributed by atoms with Gasteiger partial charge >= 0.3 is 0 Å². The van der Waals surface area contributed by atoms with Crippen LogP contribution in [0.3, 0.4) is 0 Å². The highest BCUT2D eigenvalue weighted by atomic mass is 16.2. The van der Waals surface area contributed by atoms with E-state index in [1.165, 1.54) is 0 Å². The Bertz CT molecular complexity index is 795. The van der Waals surface area contributed by atoms with Gasteiger partial charge in [-0.25, -0.2) is 10.8 Å². The van der Waals surface area contributed by atoms with E-state index in [0.29, 0.717) is 6.42 Å². The molecular formula is C17H18N4O. The molecule has 3 aromatic rings. The first-order valence-electron chi connectivity index (χ1n) is 7.21. The van der Waals surface area contributed by atoms with Crippen molar-refractivity contribution in [1.82, 2.24) is 15.0 Å². The molecule has 0 spiro atoms. The van der Waals surface area contributed by atoms with E-state index in [9.17, 15) is 4.79 Å². The van der Waals surface area contributed by atoms with Crippen molar-refractivity contribution in [2.45, 2.75) is 19.4 Å². The van der Waals surface area contributed by atoms with Crippen LogP contribution in [0.2, 0.25) is 0 Å². The Hall–Kier alpha value is -2.66. The summed E-state index contributed by atoms with van der Waals surface area (Å²) in [5.74, 6) is 5.90. The molecule has 0 aliphatic heterocycles. The van der Waals surface area contributed by atoms with Crippen LogP contribution in [0.1, 0.15) is 24.4 Å². The van der Waals surface area contributed by atoms with Crippen LogP contribution in [-0.2, 0) is 11.2 Å². The van der Waals surface area contributed by atoms with Crippen LogP contribution in [0.25, 0.3) is 11.0 Å². The molecule has 0 fully saturated rings. The van der Waals surface area contributed by atoms with Crippen LogP contribution >= 0.6 is 0 Å². The van der Waals surface area contributed by atoms with Gasteiger partial charge in [0.1, 0.15) is 11.9 Å². The summed E-state index contributed by atoms with van der Waals surface area (Å²) in [6, 6.07) is 17.5. The van der Waals surface area contributed by atoms with Gasteiger partial charge in [0.05, 0.1) is 11.0 Å². The molecule has 1 unspecified atom stereocenters. The molecule has 22 heavy (non-hydrogen) atoms. The second-order valence-corrected chi connectivity index (χ2v) is 5.23. The number of hydrazine groups is 1. The number of fused-ring (bicyclic) bond motifs is 1. The summed E-state index contributed by atoms with van der Waals surface area (Å²) in [4.78, 5) is 16.7. The fourth-order valence-electron chi connectivity index (χ4n) is 2.67. The zero-order valence-electron chi connectivity index (χ0n) is 12.4. The largest absolute Gasteiger partial charge is 0.315 e. The second-order valence-electron chi connectivity index (χ2n) is 5.23. The maximum atomic E-state index is 12.0. The molecule has 3 rings (SSSR count). The van der Waals surface area contributed by atoms with Gasteiger partial charge in [0.2, 0.25) is 0 Å². The summed E-state index contributed by atoms with van der Waals surface area (Å²) in [5.41, 5.74) is 5.19. The standard InChI is InChI=1S/C17H18N4O/c1-12(17(22)20-18)21-15-10-6-5-9-14(15)19-16(21)11-13-7-3-2-4-8-13/h2-10,12H,11,18H2,1H3,(H,20,22). The first-order chi connectivity index (χ1) is 10.7. The molecule has 0 aliphatic carbocycles. The monoisotopic (exact) mass is 294 g/mol. The highest BCUT2D eigenvalue weighted by molar-refractivity contribution is 5.83. The molecule has 1 atom stereocenters. The van der Waals surface area contributed by atoms with Crippen molar-refractivity contribution in [3.63, 3.8) is 0 Å². The quantitative estimate of drug-likeness (QED) is 0.440. The van der Waals surface area contributed by atoms with Gasteiger partial charge in [-0.05, 0) is 24.6 Å². The summed E-state index contributed by atoms with van der Waals surface area (Å²) >= 11 is 0. The molecule has 0 bridgehead atoms. The lowest BCUT2D eigenvalue weighted by atomic mass is 10.1. The van der Waals surface area contributed by atoms with Crippen LogP contribution in [0.4, 0.5) is 0 Å². The van der Waals surface area contributed by atoms with Crippen molar-refractivity contribution < 1.29 is 4.79 Å². The molecule has 3 N–H and O–H groups in total. The molecule has 112 valence electrons. The van der Waals surface area contributed by atoms with Crippen molar-refractivity contribution in [2.75, 3.05) is 0 Å². The van der Waals surface area contributed by atoms with Gasteiger partial charge in [-0.2, -0.15) is 0 Å². The van der Waals surface area contributed by atoms with Gasteiger partial charge in [0.15, 0.2) is 0 Å². The SMILES string of the molecule is CC(C(=O)NN)n1c(Cc2ccccc2)nc2ccccc21. The lowest BCUT2D eigenvalue weighted by molar-refractivity contribution is -0.123. The van der Waals surface area contributed by atoms with Gasteiger partial charge in [0.25, 0.3) is 5.91 Å². The lowest BCUT2D eigenvalue weighted by Crippen LogP contribution is -2.36. The van der Waals surface area contributed by atoms with Crippen molar-refractivity contribution >= 4 is 16.9 Å². The second kappa shape index (κ2) is 5.99. The summed E-state index contributed by atoms with van der Waals surface area (Å²) in [6.45, 7) is 1.82. The number of nitrogens with one attached hydrogen (secondary N) is 1. The fourth-order valence-corrected chi connectivity index (χ4v) is 2.67.